The summed E-state index contributed by atoms with van der Waals surface area (Å²) in [6, 6.07) is 4.11. The van der Waals surface area contributed by atoms with Crippen LogP contribution in [0.4, 0.5) is 5.82 Å². The first-order valence-electron chi connectivity index (χ1n) is 7.75. The monoisotopic (exact) mass is 272 g/mol. The highest BCUT2D eigenvalue weighted by Gasteiger charge is 2.14. The fraction of sp³-hybridized carbons (Fsp3) is 0.625. The quantitative estimate of drug-likeness (QED) is 0.926. The molecular formula is C16H24N4. The van der Waals surface area contributed by atoms with Crippen LogP contribution in [-0.4, -0.2) is 29.0 Å². The molecule has 20 heavy (non-hydrogen) atoms. The first-order chi connectivity index (χ1) is 9.72. The largest absolute Gasteiger partial charge is 0.363 e. The second-order valence-electron chi connectivity index (χ2n) is 6.16. The molecule has 0 unspecified atom stereocenters. The Morgan fingerprint density at radius 2 is 1.95 bits per heavy atom. The summed E-state index contributed by atoms with van der Waals surface area (Å²) in [5.41, 5.74) is 1.89. The van der Waals surface area contributed by atoms with Crippen molar-refractivity contribution in [2.45, 2.75) is 44.9 Å². The zero-order valence-corrected chi connectivity index (χ0v) is 12.5. The molecule has 0 saturated heterocycles. The molecule has 1 saturated carbocycles. The molecule has 4 heteroatoms. The number of pyridine rings is 1. The minimum absolute atomic E-state index is 0.842. The fourth-order valence-corrected chi connectivity index (χ4v) is 3.12. The third kappa shape index (κ3) is 2.94. The molecule has 0 spiro atoms. The zero-order chi connectivity index (χ0) is 13.9. The lowest BCUT2D eigenvalue weighted by atomic mass is 9.86. The van der Waals surface area contributed by atoms with E-state index in [1.165, 1.54) is 38.5 Å². The van der Waals surface area contributed by atoms with Crippen LogP contribution in [0.15, 0.2) is 12.1 Å². The smallest absolute Gasteiger partial charge is 0.179 e. The lowest BCUT2D eigenvalue weighted by Gasteiger charge is -2.20. The molecule has 2 aromatic rings. The lowest BCUT2D eigenvalue weighted by Crippen LogP contribution is -2.10. The van der Waals surface area contributed by atoms with E-state index in [1.54, 1.807) is 0 Å². The standard InChI is InChI=1S/C16H24N4/c1-20(2)15-11-9-13-16(19-15)18-14(17-13)10-8-12-6-4-3-5-7-12/h9,11-12H,3-8,10H2,1-2H3,(H,17,18,19). The number of rotatable bonds is 4. The second-order valence-corrected chi connectivity index (χ2v) is 6.16. The Labute approximate surface area is 120 Å². The molecular weight excluding hydrogens is 248 g/mol. The maximum atomic E-state index is 4.65. The van der Waals surface area contributed by atoms with Gasteiger partial charge in [0, 0.05) is 20.5 Å². The SMILES string of the molecule is CN(C)c1ccc2[nH]c(CCC3CCCCC3)nc2n1. The number of aryl methyl sites for hydroxylation is 1. The van der Waals surface area contributed by atoms with E-state index in [0.29, 0.717) is 0 Å². The van der Waals surface area contributed by atoms with Gasteiger partial charge in [-0.1, -0.05) is 32.1 Å². The van der Waals surface area contributed by atoms with Crippen LogP contribution in [0, 0.1) is 5.92 Å². The van der Waals surface area contributed by atoms with Gasteiger partial charge in [0.25, 0.3) is 0 Å². The summed E-state index contributed by atoms with van der Waals surface area (Å²) in [5, 5.41) is 0. The lowest BCUT2D eigenvalue weighted by molar-refractivity contribution is 0.337. The van der Waals surface area contributed by atoms with E-state index in [-0.39, 0.29) is 0 Å². The molecule has 0 bridgehead atoms. The Bertz CT molecular complexity index is 567. The number of hydrogen-bond donors (Lipinski definition) is 1. The van der Waals surface area contributed by atoms with Crippen LogP contribution in [0.5, 0.6) is 0 Å². The predicted octanol–water partition coefficient (Wildman–Crippen LogP) is 3.54. The van der Waals surface area contributed by atoms with Crippen LogP contribution in [0.3, 0.4) is 0 Å². The highest BCUT2D eigenvalue weighted by Crippen LogP contribution is 2.27. The Hall–Kier alpha value is -1.58. The van der Waals surface area contributed by atoms with Gasteiger partial charge in [0.1, 0.15) is 11.6 Å². The molecule has 3 rings (SSSR count). The van der Waals surface area contributed by atoms with E-state index in [1.807, 2.05) is 25.1 Å². The molecule has 0 aliphatic heterocycles. The summed E-state index contributed by atoms with van der Waals surface area (Å²) < 4.78 is 0. The third-order valence-corrected chi connectivity index (χ3v) is 4.35. The number of nitrogens with zero attached hydrogens (tertiary/aromatic N) is 3. The van der Waals surface area contributed by atoms with Crippen molar-refractivity contribution >= 4 is 17.0 Å². The van der Waals surface area contributed by atoms with Crippen LogP contribution in [0.2, 0.25) is 0 Å². The van der Waals surface area contributed by atoms with E-state index in [0.717, 1.165) is 35.1 Å². The number of aromatic amines is 1. The van der Waals surface area contributed by atoms with Crippen LogP contribution in [0.25, 0.3) is 11.2 Å². The Morgan fingerprint density at radius 1 is 1.15 bits per heavy atom. The molecule has 2 aromatic heterocycles. The summed E-state index contributed by atoms with van der Waals surface area (Å²) in [7, 11) is 4.01. The Kier molecular flexibility index (Phi) is 3.90. The van der Waals surface area contributed by atoms with E-state index < -0.39 is 0 Å². The minimum atomic E-state index is 0.842. The highest BCUT2D eigenvalue weighted by molar-refractivity contribution is 5.73. The van der Waals surface area contributed by atoms with Gasteiger partial charge in [0.15, 0.2) is 5.65 Å². The van der Waals surface area contributed by atoms with Crippen LogP contribution < -0.4 is 4.90 Å². The van der Waals surface area contributed by atoms with Crippen molar-refractivity contribution in [3.05, 3.63) is 18.0 Å². The number of nitrogens with one attached hydrogen (secondary N) is 1. The van der Waals surface area contributed by atoms with Gasteiger partial charge in [0.05, 0.1) is 5.52 Å². The van der Waals surface area contributed by atoms with Gasteiger partial charge >= 0.3 is 0 Å². The number of anilines is 1. The molecule has 0 aromatic carbocycles. The molecule has 1 aliphatic rings. The van der Waals surface area contributed by atoms with E-state index >= 15 is 0 Å². The molecule has 2 heterocycles. The Morgan fingerprint density at radius 3 is 2.70 bits per heavy atom. The van der Waals surface area contributed by atoms with Crippen molar-refractivity contribution < 1.29 is 0 Å². The van der Waals surface area contributed by atoms with Crippen molar-refractivity contribution in [3.8, 4) is 0 Å². The van der Waals surface area contributed by atoms with Gasteiger partial charge in [-0.3, -0.25) is 0 Å². The van der Waals surface area contributed by atoms with Gasteiger partial charge < -0.3 is 9.88 Å². The average Bonchev–Trinajstić information content (AvgIpc) is 2.88. The Balaban J connectivity index is 1.69. The molecule has 0 radical (unpaired) electrons. The number of H-pyrrole nitrogens is 1. The first kappa shape index (κ1) is 13.4. The average molecular weight is 272 g/mol. The number of imidazole rings is 1. The van der Waals surface area contributed by atoms with Gasteiger partial charge in [-0.05, 0) is 24.5 Å². The van der Waals surface area contributed by atoms with Crippen molar-refractivity contribution in [2.75, 3.05) is 19.0 Å². The van der Waals surface area contributed by atoms with Gasteiger partial charge in [-0.2, -0.15) is 0 Å². The van der Waals surface area contributed by atoms with Crippen LogP contribution >= 0.6 is 0 Å². The van der Waals surface area contributed by atoms with Gasteiger partial charge in [-0.15, -0.1) is 0 Å². The second kappa shape index (κ2) is 5.81. The molecule has 1 N–H and O–H groups in total. The summed E-state index contributed by atoms with van der Waals surface area (Å²) in [6.07, 6.45) is 9.39. The summed E-state index contributed by atoms with van der Waals surface area (Å²) in [5.74, 6) is 2.96. The van der Waals surface area contributed by atoms with Crippen molar-refractivity contribution in [1.82, 2.24) is 15.0 Å². The first-order valence-corrected chi connectivity index (χ1v) is 7.75. The predicted molar refractivity (Wildman–Crippen MR) is 83.1 cm³/mol. The molecule has 4 nitrogen and oxygen atoms in total. The van der Waals surface area contributed by atoms with E-state index in [2.05, 4.69) is 21.0 Å². The van der Waals surface area contributed by atoms with Gasteiger partial charge in [-0.25, -0.2) is 9.97 Å². The minimum Gasteiger partial charge on any atom is -0.363 e. The molecule has 1 aliphatic carbocycles. The van der Waals surface area contributed by atoms with Crippen molar-refractivity contribution in [2.24, 2.45) is 5.92 Å². The summed E-state index contributed by atoms with van der Waals surface area (Å²) in [6.45, 7) is 0. The molecule has 108 valence electrons. The highest BCUT2D eigenvalue weighted by atomic mass is 15.1. The zero-order valence-electron chi connectivity index (χ0n) is 12.5. The van der Waals surface area contributed by atoms with E-state index in [9.17, 15) is 0 Å². The maximum Gasteiger partial charge on any atom is 0.179 e. The van der Waals surface area contributed by atoms with Crippen LogP contribution in [-0.2, 0) is 6.42 Å². The summed E-state index contributed by atoms with van der Waals surface area (Å²) >= 11 is 0. The third-order valence-electron chi connectivity index (χ3n) is 4.35. The van der Waals surface area contributed by atoms with Crippen molar-refractivity contribution in [1.29, 1.82) is 0 Å². The number of fused-ring (bicyclic) bond motifs is 1. The normalized spacial score (nSPS) is 16.7. The van der Waals surface area contributed by atoms with E-state index in [4.69, 9.17) is 0 Å². The van der Waals surface area contributed by atoms with Crippen LogP contribution in [0.1, 0.15) is 44.3 Å². The number of hydrogen-bond acceptors (Lipinski definition) is 3. The molecule has 0 atom stereocenters. The topological polar surface area (TPSA) is 44.8 Å². The molecule has 1 fully saturated rings. The fourth-order valence-electron chi connectivity index (χ4n) is 3.12. The summed E-state index contributed by atoms with van der Waals surface area (Å²) in [4.78, 5) is 14.6. The molecule has 0 amide bonds. The van der Waals surface area contributed by atoms with Gasteiger partial charge in [0.2, 0.25) is 0 Å². The maximum absolute atomic E-state index is 4.65. The number of aromatic nitrogens is 3. The van der Waals surface area contributed by atoms with Crippen molar-refractivity contribution in [3.63, 3.8) is 0 Å².